The van der Waals surface area contributed by atoms with Crippen LogP contribution in [0.3, 0.4) is 0 Å². The number of Topliss-reactive ketones (excluding diaryl/α,β-unsaturated/α-hetero) is 2. The summed E-state index contributed by atoms with van der Waals surface area (Å²) in [6, 6.07) is 19.5. The van der Waals surface area contributed by atoms with Crippen LogP contribution in [-0.2, 0) is 0 Å². The summed E-state index contributed by atoms with van der Waals surface area (Å²) in [5.74, 6) is -2.54. The molecule has 4 aromatic rings. The summed E-state index contributed by atoms with van der Waals surface area (Å²) in [4.78, 5) is 61.7. The zero-order chi connectivity index (χ0) is 25.7. The van der Waals surface area contributed by atoms with E-state index in [2.05, 4.69) is 11.9 Å². The maximum Gasteiger partial charge on any atom is 0.349 e. The Morgan fingerprint density at radius 2 is 1.47 bits per heavy atom. The highest BCUT2D eigenvalue weighted by Crippen LogP contribution is 2.22. The van der Waals surface area contributed by atoms with Gasteiger partial charge in [0.05, 0.1) is 5.56 Å². The van der Waals surface area contributed by atoms with Crippen molar-refractivity contribution < 1.29 is 28.3 Å². The highest BCUT2D eigenvalue weighted by Gasteiger charge is 2.19. The molecule has 1 heterocycles. The van der Waals surface area contributed by atoms with Gasteiger partial charge in [-0.1, -0.05) is 48.5 Å². The first-order chi connectivity index (χ1) is 17.4. The molecule has 1 amide bonds. The van der Waals surface area contributed by atoms with Gasteiger partial charge in [0.25, 0.3) is 5.91 Å². The first-order valence-electron chi connectivity index (χ1n) is 10.8. The van der Waals surface area contributed by atoms with Crippen molar-refractivity contribution in [3.8, 4) is 5.75 Å². The van der Waals surface area contributed by atoms with Gasteiger partial charge in [-0.05, 0) is 30.3 Å². The van der Waals surface area contributed by atoms with Crippen molar-refractivity contribution in [3.05, 3.63) is 124 Å². The second kappa shape index (κ2) is 10.4. The van der Waals surface area contributed by atoms with E-state index in [0.717, 1.165) is 0 Å². The van der Waals surface area contributed by atoms with Crippen LogP contribution in [0.25, 0.3) is 11.0 Å². The van der Waals surface area contributed by atoms with Crippen LogP contribution in [0.2, 0.25) is 0 Å². The van der Waals surface area contributed by atoms with Gasteiger partial charge in [0.1, 0.15) is 16.9 Å². The van der Waals surface area contributed by atoms with Crippen LogP contribution in [0.15, 0.2) is 101 Å². The van der Waals surface area contributed by atoms with E-state index in [1.54, 1.807) is 36.4 Å². The van der Waals surface area contributed by atoms with Crippen molar-refractivity contribution in [2.45, 2.75) is 0 Å². The Labute approximate surface area is 204 Å². The summed E-state index contributed by atoms with van der Waals surface area (Å²) < 4.78 is 10.6. The van der Waals surface area contributed by atoms with Crippen molar-refractivity contribution >= 4 is 34.4 Å². The molecule has 0 unspecified atom stereocenters. The second-order valence-corrected chi connectivity index (χ2v) is 7.64. The fourth-order valence-electron chi connectivity index (χ4n) is 3.35. The SMILES string of the molecule is C=CCNC(=O)c1cc2ccc(OC(=O)c3ccc(C(=O)C(=O)c4ccccc4)cc3)cc2oc1=O. The van der Waals surface area contributed by atoms with E-state index in [1.165, 1.54) is 48.5 Å². The lowest BCUT2D eigenvalue weighted by Gasteiger charge is -2.07. The van der Waals surface area contributed by atoms with Gasteiger partial charge >= 0.3 is 11.6 Å². The number of carbonyl (C=O) groups is 4. The van der Waals surface area contributed by atoms with Crippen molar-refractivity contribution in [1.29, 1.82) is 0 Å². The van der Waals surface area contributed by atoms with Crippen LogP contribution >= 0.6 is 0 Å². The molecule has 0 saturated carbocycles. The van der Waals surface area contributed by atoms with E-state index in [9.17, 15) is 24.0 Å². The first-order valence-corrected chi connectivity index (χ1v) is 10.8. The van der Waals surface area contributed by atoms with Gasteiger partial charge < -0.3 is 14.5 Å². The molecular formula is C28H19NO7. The summed E-state index contributed by atoms with van der Waals surface area (Å²) >= 11 is 0. The number of nitrogens with one attached hydrogen (secondary N) is 1. The summed E-state index contributed by atoms with van der Waals surface area (Å²) in [5, 5.41) is 2.97. The topological polar surface area (TPSA) is 120 Å². The summed E-state index contributed by atoms with van der Waals surface area (Å²) in [5.41, 5.74) is -0.299. The molecule has 0 atom stereocenters. The molecule has 8 nitrogen and oxygen atoms in total. The quantitative estimate of drug-likeness (QED) is 0.101. The number of benzene rings is 3. The normalized spacial score (nSPS) is 10.4. The van der Waals surface area contributed by atoms with Crippen LogP contribution in [0.5, 0.6) is 5.75 Å². The Bertz CT molecular complexity index is 1550. The zero-order valence-corrected chi connectivity index (χ0v) is 18.9. The third kappa shape index (κ3) is 5.18. The Morgan fingerprint density at radius 3 is 2.14 bits per heavy atom. The minimum atomic E-state index is -0.835. The van der Waals surface area contributed by atoms with E-state index >= 15 is 0 Å². The molecular weight excluding hydrogens is 462 g/mol. The van der Waals surface area contributed by atoms with Gasteiger partial charge in [0.2, 0.25) is 11.6 Å². The van der Waals surface area contributed by atoms with E-state index in [1.807, 2.05) is 0 Å². The molecule has 0 aliphatic heterocycles. The number of fused-ring (bicyclic) bond motifs is 1. The largest absolute Gasteiger partial charge is 0.423 e. The molecule has 1 aromatic heterocycles. The monoisotopic (exact) mass is 481 g/mol. The number of esters is 1. The maximum absolute atomic E-state index is 12.6. The van der Waals surface area contributed by atoms with Gasteiger partial charge in [-0.2, -0.15) is 0 Å². The molecule has 0 aliphatic rings. The van der Waals surface area contributed by atoms with E-state index in [0.29, 0.717) is 5.39 Å². The van der Waals surface area contributed by atoms with Crippen molar-refractivity contribution in [2.24, 2.45) is 0 Å². The van der Waals surface area contributed by atoms with Crippen LogP contribution in [-0.4, -0.2) is 30.0 Å². The molecule has 1 N–H and O–H groups in total. The minimum Gasteiger partial charge on any atom is -0.423 e. The summed E-state index contributed by atoms with van der Waals surface area (Å²) in [6.45, 7) is 3.70. The highest BCUT2D eigenvalue weighted by atomic mass is 16.5. The fraction of sp³-hybridized carbons (Fsp3) is 0.0357. The zero-order valence-electron chi connectivity index (χ0n) is 18.9. The van der Waals surface area contributed by atoms with Gasteiger partial charge in [-0.15, -0.1) is 6.58 Å². The Kier molecular flexibility index (Phi) is 6.97. The lowest BCUT2D eigenvalue weighted by Crippen LogP contribution is -2.28. The molecule has 0 saturated heterocycles. The van der Waals surface area contributed by atoms with Crippen LogP contribution < -0.4 is 15.7 Å². The number of carbonyl (C=O) groups excluding carboxylic acids is 4. The number of amides is 1. The molecule has 3 aromatic carbocycles. The molecule has 0 spiro atoms. The van der Waals surface area contributed by atoms with Crippen molar-refractivity contribution in [2.75, 3.05) is 6.54 Å². The van der Waals surface area contributed by atoms with E-state index in [4.69, 9.17) is 9.15 Å². The van der Waals surface area contributed by atoms with Crippen molar-refractivity contribution in [3.63, 3.8) is 0 Å². The predicted molar refractivity (Wildman–Crippen MR) is 132 cm³/mol. The number of hydrogen-bond donors (Lipinski definition) is 1. The predicted octanol–water partition coefficient (Wildman–Crippen LogP) is 3.99. The third-order valence-electron chi connectivity index (χ3n) is 5.19. The molecule has 4 rings (SSSR count). The lowest BCUT2D eigenvalue weighted by atomic mass is 10.0. The number of hydrogen-bond acceptors (Lipinski definition) is 7. The van der Waals surface area contributed by atoms with Gasteiger partial charge in [-0.3, -0.25) is 14.4 Å². The molecule has 0 radical (unpaired) electrons. The molecule has 178 valence electrons. The summed E-state index contributed by atoms with van der Waals surface area (Å²) in [7, 11) is 0. The standard InChI is InChI=1S/C28H19NO7/c1-2-14-29-26(32)22-15-20-12-13-21(16-23(20)36-28(22)34)35-27(33)19-10-8-18(9-11-19)25(31)24(30)17-6-4-3-5-7-17/h2-13,15-16H,1,14H2,(H,29,32). The highest BCUT2D eigenvalue weighted by molar-refractivity contribution is 6.49. The second-order valence-electron chi connectivity index (χ2n) is 7.64. The molecule has 8 heteroatoms. The first kappa shape index (κ1) is 24.0. The molecule has 0 bridgehead atoms. The van der Waals surface area contributed by atoms with Gasteiger partial charge in [-0.25, -0.2) is 9.59 Å². The molecule has 0 aliphatic carbocycles. The smallest absolute Gasteiger partial charge is 0.349 e. The Hall–Kier alpha value is -5.11. The average molecular weight is 481 g/mol. The average Bonchev–Trinajstić information content (AvgIpc) is 2.91. The van der Waals surface area contributed by atoms with Crippen LogP contribution in [0.4, 0.5) is 0 Å². The lowest BCUT2D eigenvalue weighted by molar-refractivity contribution is 0.0734. The number of ketones is 2. The van der Waals surface area contributed by atoms with Crippen molar-refractivity contribution in [1.82, 2.24) is 5.32 Å². The number of rotatable bonds is 8. The van der Waals surface area contributed by atoms with Crippen LogP contribution in [0.1, 0.15) is 41.4 Å². The molecule has 36 heavy (non-hydrogen) atoms. The van der Waals surface area contributed by atoms with E-state index in [-0.39, 0.29) is 40.1 Å². The summed E-state index contributed by atoms with van der Waals surface area (Å²) in [6.07, 6.45) is 1.48. The third-order valence-corrected chi connectivity index (χ3v) is 5.19. The fourth-order valence-corrected chi connectivity index (χ4v) is 3.35. The Balaban J connectivity index is 1.48. The van der Waals surface area contributed by atoms with E-state index < -0.39 is 29.1 Å². The maximum atomic E-state index is 12.6. The number of ether oxygens (including phenoxy) is 1. The minimum absolute atomic E-state index is 0.110. The Morgan fingerprint density at radius 1 is 0.833 bits per heavy atom. The van der Waals surface area contributed by atoms with Gasteiger partial charge in [0.15, 0.2) is 0 Å². The molecule has 0 fully saturated rings. The van der Waals surface area contributed by atoms with Crippen LogP contribution in [0, 0.1) is 0 Å². The van der Waals surface area contributed by atoms with Gasteiger partial charge in [0, 0.05) is 29.1 Å².